The van der Waals surface area contributed by atoms with Gasteiger partial charge in [-0.1, -0.05) is 0 Å². The summed E-state index contributed by atoms with van der Waals surface area (Å²) in [5.74, 6) is 0.181. The van der Waals surface area contributed by atoms with Gasteiger partial charge in [0.1, 0.15) is 5.54 Å². The van der Waals surface area contributed by atoms with E-state index >= 15 is 0 Å². The fraction of sp³-hybridized carbons (Fsp3) is 0.923. The molecule has 2 saturated carbocycles. The van der Waals surface area contributed by atoms with E-state index in [2.05, 4.69) is 17.3 Å². The number of hydrogen-bond acceptors (Lipinski definition) is 3. The van der Waals surface area contributed by atoms with Gasteiger partial charge in [0.05, 0.1) is 0 Å². The molecule has 4 heteroatoms. The number of carboxylic acid groups (broad SMARTS) is 1. The fourth-order valence-corrected chi connectivity index (χ4v) is 3.01. The van der Waals surface area contributed by atoms with Crippen LogP contribution in [0.15, 0.2) is 0 Å². The van der Waals surface area contributed by atoms with Crippen molar-refractivity contribution in [1.82, 2.24) is 10.2 Å². The monoisotopic (exact) mass is 240 g/mol. The molecule has 2 atom stereocenters. The van der Waals surface area contributed by atoms with Crippen LogP contribution in [0.4, 0.5) is 0 Å². The maximum Gasteiger partial charge on any atom is 0.323 e. The molecule has 2 rings (SSSR count). The average molecular weight is 240 g/mol. The molecule has 17 heavy (non-hydrogen) atoms. The first kappa shape index (κ1) is 12.8. The van der Waals surface area contributed by atoms with Crippen molar-refractivity contribution in [3.8, 4) is 0 Å². The normalized spacial score (nSPS) is 33.9. The zero-order valence-corrected chi connectivity index (χ0v) is 10.9. The Labute approximate surface area is 103 Å². The van der Waals surface area contributed by atoms with E-state index in [1.807, 2.05) is 0 Å². The second kappa shape index (κ2) is 4.94. The van der Waals surface area contributed by atoms with Gasteiger partial charge in [-0.15, -0.1) is 0 Å². The summed E-state index contributed by atoms with van der Waals surface area (Å²) in [7, 11) is 3.92. The summed E-state index contributed by atoms with van der Waals surface area (Å²) >= 11 is 0. The van der Waals surface area contributed by atoms with E-state index in [0.29, 0.717) is 6.04 Å². The Balaban J connectivity index is 1.96. The van der Waals surface area contributed by atoms with Gasteiger partial charge in [0, 0.05) is 12.6 Å². The van der Waals surface area contributed by atoms with Gasteiger partial charge in [0.2, 0.25) is 0 Å². The van der Waals surface area contributed by atoms with Crippen molar-refractivity contribution in [2.75, 3.05) is 20.6 Å². The van der Waals surface area contributed by atoms with Crippen molar-refractivity contribution in [2.45, 2.75) is 50.1 Å². The van der Waals surface area contributed by atoms with Crippen LogP contribution in [0.25, 0.3) is 0 Å². The Morgan fingerprint density at radius 2 is 2.18 bits per heavy atom. The largest absolute Gasteiger partial charge is 0.480 e. The van der Waals surface area contributed by atoms with Crippen molar-refractivity contribution in [3.63, 3.8) is 0 Å². The lowest BCUT2D eigenvalue weighted by molar-refractivity contribution is -0.147. The first-order valence-corrected chi connectivity index (χ1v) is 6.70. The molecule has 0 heterocycles. The smallest absolute Gasteiger partial charge is 0.323 e. The van der Waals surface area contributed by atoms with Crippen LogP contribution in [-0.2, 0) is 4.79 Å². The highest BCUT2D eigenvalue weighted by Crippen LogP contribution is 2.34. The zero-order valence-electron chi connectivity index (χ0n) is 10.9. The van der Waals surface area contributed by atoms with E-state index in [-0.39, 0.29) is 0 Å². The minimum atomic E-state index is -0.694. The van der Waals surface area contributed by atoms with E-state index in [1.165, 1.54) is 12.8 Å². The predicted molar refractivity (Wildman–Crippen MR) is 67.0 cm³/mol. The Morgan fingerprint density at radius 1 is 1.47 bits per heavy atom. The van der Waals surface area contributed by atoms with E-state index < -0.39 is 11.5 Å². The van der Waals surface area contributed by atoms with Crippen LogP contribution in [0, 0.1) is 5.92 Å². The van der Waals surface area contributed by atoms with Crippen LogP contribution in [0.3, 0.4) is 0 Å². The molecular weight excluding hydrogens is 216 g/mol. The standard InChI is InChI=1S/C13H24N2O2/c1-14-13(12(16)17)7-3-4-11(8-13)15(2)9-10-5-6-10/h10-11,14H,3-9H2,1-2H3,(H,16,17). The molecule has 0 aromatic heterocycles. The molecule has 0 bridgehead atoms. The summed E-state index contributed by atoms with van der Waals surface area (Å²) in [5.41, 5.74) is -0.694. The Hall–Kier alpha value is -0.610. The zero-order chi connectivity index (χ0) is 12.5. The molecule has 98 valence electrons. The molecule has 2 fully saturated rings. The average Bonchev–Trinajstić information content (AvgIpc) is 3.12. The molecule has 0 spiro atoms. The van der Waals surface area contributed by atoms with E-state index in [1.54, 1.807) is 7.05 Å². The van der Waals surface area contributed by atoms with Crippen LogP contribution in [-0.4, -0.2) is 48.2 Å². The highest BCUT2D eigenvalue weighted by atomic mass is 16.4. The van der Waals surface area contributed by atoms with Crippen LogP contribution >= 0.6 is 0 Å². The summed E-state index contributed by atoms with van der Waals surface area (Å²) in [6.45, 7) is 1.14. The lowest BCUT2D eigenvalue weighted by Crippen LogP contribution is -2.56. The van der Waals surface area contributed by atoms with Crippen LogP contribution in [0.1, 0.15) is 38.5 Å². The quantitative estimate of drug-likeness (QED) is 0.761. The molecular formula is C13H24N2O2. The van der Waals surface area contributed by atoms with Gasteiger partial charge in [-0.05, 0) is 58.5 Å². The van der Waals surface area contributed by atoms with Crippen molar-refractivity contribution < 1.29 is 9.90 Å². The molecule has 0 amide bonds. The SMILES string of the molecule is CNC1(C(=O)O)CCCC(N(C)CC2CC2)C1. The van der Waals surface area contributed by atoms with Gasteiger partial charge < -0.3 is 15.3 Å². The first-order chi connectivity index (χ1) is 8.07. The maximum absolute atomic E-state index is 11.4. The molecule has 2 N–H and O–H groups in total. The van der Waals surface area contributed by atoms with Gasteiger partial charge in [0.25, 0.3) is 0 Å². The number of carbonyl (C=O) groups is 1. The van der Waals surface area contributed by atoms with Gasteiger partial charge in [-0.25, -0.2) is 0 Å². The van der Waals surface area contributed by atoms with E-state index in [9.17, 15) is 9.90 Å². The Kier molecular flexibility index (Phi) is 3.73. The third kappa shape index (κ3) is 2.80. The summed E-state index contributed by atoms with van der Waals surface area (Å²) in [6.07, 6.45) is 6.35. The van der Waals surface area contributed by atoms with Crippen LogP contribution in [0.5, 0.6) is 0 Å². The van der Waals surface area contributed by atoms with Crippen LogP contribution < -0.4 is 5.32 Å². The van der Waals surface area contributed by atoms with Crippen molar-refractivity contribution >= 4 is 5.97 Å². The molecule has 2 unspecified atom stereocenters. The summed E-state index contributed by atoms with van der Waals surface area (Å²) in [4.78, 5) is 13.8. The lowest BCUT2D eigenvalue weighted by Gasteiger charge is -2.41. The molecule has 2 aliphatic rings. The topological polar surface area (TPSA) is 52.6 Å². The number of hydrogen-bond donors (Lipinski definition) is 2. The number of nitrogens with zero attached hydrogens (tertiary/aromatic N) is 1. The molecule has 0 saturated heterocycles. The second-order valence-electron chi connectivity index (χ2n) is 5.77. The summed E-state index contributed by atoms with van der Waals surface area (Å²) in [6, 6.07) is 0.424. The fourth-order valence-electron chi connectivity index (χ4n) is 3.01. The van der Waals surface area contributed by atoms with Gasteiger partial charge in [0.15, 0.2) is 0 Å². The molecule has 0 aliphatic heterocycles. The second-order valence-corrected chi connectivity index (χ2v) is 5.77. The summed E-state index contributed by atoms with van der Waals surface area (Å²) < 4.78 is 0. The third-order valence-electron chi connectivity index (χ3n) is 4.48. The van der Waals surface area contributed by atoms with Crippen molar-refractivity contribution in [3.05, 3.63) is 0 Å². The molecule has 0 aromatic rings. The van der Waals surface area contributed by atoms with Gasteiger partial charge >= 0.3 is 5.97 Å². The highest BCUT2D eigenvalue weighted by Gasteiger charge is 2.43. The molecule has 4 nitrogen and oxygen atoms in total. The number of carboxylic acids is 1. The van der Waals surface area contributed by atoms with E-state index in [4.69, 9.17) is 0 Å². The number of likely N-dealkylation sites (N-methyl/N-ethyl adjacent to an activating group) is 1. The van der Waals surface area contributed by atoms with Crippen molar-refractivity contribution in [1.29, 1.82) is 0 Å². The van der Waals surface area contributed by atoms with E-state index in [0.717, 1.165) is 38.1 Å². The highest BCUT2D eigenvalue weighted by molar-refractivity contribution is 5.79. The third-order valence-corrected chi connectivity index (χ3v) is 4.48. The minimum Gasteiger partial charge on any atom is -0.480 e. The maximum atomic E-state index is 11.4. The molecule has 2 aliphatic carbocycles. The molecule has 0 radical (unpaired) electrons. The number of rotatable bonds is 5. The minimum absolute atomic E-state index is 0.424. The first-order valence-electron chi connectivity index (χ1n) is 6.70. The van der Waals surface area contributed by atoms with Gasteiger partial charge in [-0.3, -0.25) is 4.79 Å². The molecule has 0 aromatic carbocycles. The number of nitrogens with one attached hydrogen (secondary N) is 1. The summed E-state index contributed by atoms with van der Waals surface area (Å²) in [5, 5.41) is 12.4. The Morgan fingerprint density at radius 3 is 2.71 bits per heavy atom. The lowest BCUT2D eigenvalue weighted by atomic mass is 9.78. The predicted octanol–water partition coefficient (Wildman–Crippen LogP) is 1.31. The number of aliphatic carboxylic acids is 1. The van der Waals surface area contributed by atoms with Gasteiger partial charge in [-0.2, -0.15) is 0 Å². The van der Waals surface area contributed by atoms with Crippen LogP contribution in [0.2, 0.25) is 0 Å². The van der Waals surface area contributed by atoms with Crippen molar-refractivity contribution in [2.24, 2.45) is 5.92 Å². The Bertz CT molecular complexity index is 291.